The van der Waals surface area contributed by atoms with Gasteiger partial charge in [0, 0.05) is 24.7 Å². The number of fused-ring (bicyclic) bond motifs is 1. The summed E-state index contributed by atoms with van der Waals surface area (Å²) in [5, 5.41) is 1.75. The van der Waals surface area contributed by atoms with Gasteiger partial charge in [-0.25, -0.2) is 18.2 Å². The molecule has 0 fully saturated rings. The number of benzene rings is 2. The molecule has 0 spiro atoms. The molecule has 164 valence electrons. The smallest absolute Gasteiger partial charge is 0.338 e. The van der Waals surface area contributed by atoms with Crippen molar-refractivity contribution in [3.63, 3.8) is 0 Å². The van der Waals surface area contributed by atoms with Gasteiger partial charge in [0.15, 0.2) is 4.96 Å². The van der Waals surface area contributed by atoms with E-state index >= 15 is 0 Å². The van der Waals surface area contributed by atoms with Crippen LogP contribution in [0.5, 0.6) is 0 Å². The van der Waals surface area contributed by atoms with Crippen LogP contribution < -0.4 is 9.86 Å². The van der Waals surface area contributed by atoms with Crippen molar-refractivity contribution in [2.24, 2.45) is 0 Å². The zero-order valence-electron chi connectivity index (χ0n) is 17.3. The molecule has 0 atom stereocenters. The molecule has 0 aliphatic heterocycles. The Balaban J connectivity index is 1.45. The molecule has 0 unspecified atom stereocenters. The predicted molar refractivity (Wildman–Crippen MR) is 122 cm³/mol. The Kier molecular flexibility index (Phi) is 5.81. The highest BCUT2D eigenvalue weighted by Crippen LogP contribution is 2.23. The van der Waals surface area contributed by atoms with Gasteiger partial charge in [-0.3, -0.25) is 13.5 Å². The molecule has 0 N–H and O–H groups in total. The van der Waals surface area contributed by atoms with Crippen LogP contribution in [0.2, 0.25) is 0 Å². The summed E-state index contributed by atoms with van der Waals surface area (Å²) in [6, 6.07) is 13.9. The normalized spacial score (nSPS) is 11.4. The summed E-state index contributed by atoms with van der Waals surface area (Å²) < 4.78 is 33.5. The van der Waals surface area contributed by atoms with Gasteiger partial charge in [-0.1, -0.05) is 17.7 Å². The number of hydrogen-bond acceptors (Lipinski definition) is 7. The molecular weight excluding hydrogens is 450 g/mol. The van der Waals surface area contributed by atoms with Crippen molar-refractivity contribution in [3.05, 3.63) is 93.3 Å². The van der Waals surface area contributed by atoms with E-state index < -0.39 is 16.0 Å². The van der Waals surface area contributed by atoms with Crippen molar-refractivity contribution in [2.75, 3.05) is 11.4 Å². The van der Waals surface area contributed by atoms with Crippen LogP contribution in [0.1, 0.15) is 21.6 Å². The fourth-order valence-corrected chi connectivity index (χ4v) is 4.93. The third-order valence-corrected chi connectivity index (χ3v) is 7.41. The summed E-state index contributed by atoms with van der Waals surface area (Å²) in [5.74, 6) is -0.603. The standard InChI is InChI=1S/C22H19N3O5S2/c1-15-3-9-19(10-4-15)32(28,29)24(2)18-7-5-16(6-8-18)21(27)30-14-17-13-20(26)25-11-12-31-22(25)23-17/h3-13H,14H2,1-2H3. The quantitative estimate of drug-likeness (QED) is 0.402. The molecule has 2 aromatic heterocycles. The SMILES string of the molecule is Cc1ccc(S(=O)(=O)N(C)c2ccc(C(=O)OCc3cc(=O)n4ccsc4n3)cc2)cc1. The molecule has 0 saturated carbocycles. The second-order valence-corrected chi connectivity index (χ2v) is 9.89. The third-order valence-electron chi connectivity index (χ3n) is 4.85. The second-order valence-electron chi connectivity index (χ2n) is 7.05. The lowest BCUT2D eigenvalue weighted by molar-refractivity contribution is 0.0468. The zero-order chi connectivity index (χ0) is 22.9. The van der Waals surface area contributed by atoms with Crippen LogP contribution in [0.25, 0.3) is 4.96 Å². The van der Waals surface area contributed by atoms with Crippen molar-refractivity contribution in [1.29, 1.82) is 0 Å². The Morgan fingerprint density at radius 3 is 2.50 bits per heavy atom. The highest BCUT2D eigenvalue weighted by Gasteiger charge is 2.21. The number of ether oxygens (including phenoxy) is 1. The Morgan fingerprint density at radius 1 is 1.12 bits per heavy atom. The van der Waals surface area contributed by atoms with Gasteiger partial charge in [0.05, 0.1) is 21.8 Å². The lowest BCUT2D eigenvalue weighted by Crippen LogP contribution is -2.26. The van der Waals surface area contributed by atoms with Gasteiger partial charge in [0.1, 0.15) is 6.61 Å². The van der Waals surface area contributed by atoms with Gasteiger partial charge in [0.25, 0.3) is 15.6 Å². The third kappa shape index (κ3) is 4.27. The highest BCUT2D eigenvalue weighted by atomic mass is 32.2. The van der Waals surface area contributed by atoms with Crippen LogP contribution in [0.4, 0.5) is 5.69 Å². The maximum Gasteiger partial charge on any atom is 0.338 e. The van der Waals surface area contributed by atoms with Crippen LogP contribution in [0.3, 0.4) is 0 Å². The number of esters is 1. The van der Waals surface area contributed by atoms with E-state index in [1.54, 1.807) is 35.8 Å². The summed E-state index contributed by atoms with van der Waals surface area (Å²) in [6.45, 7) is 1.74. The number of anilines is 1. The maximum atomic E-state index is 12.8. The molecule has 2 heterocycles. The van der Waals surface area contributed by atoms with Gasteiger partial charge >= 0.3 is 5.97 Å². The number of aromatic nitrogens is 2. The Morgan fingerprint density at radius 2 is 1.81 bits per heavy atom. The highest BCUT2D eigenvalue weighted by molar-refractivity contribution is 7.92. The summed E-state index contributed by atoms with van der Waals surface area (Å²) in [7, 11) is -2.28. The first kappa shape index (κ1) is 21.7. The summed E-state index contributed by atoms with van der Waals surface area (Å²) in [5.41, 5.74) is 1.73. The van der Waals surface area contributed by atoms with Crippen LogP contribution in [0, 0.1) is 6.92 Å². The van der Waals surface area contributed by atoms with Crippen molar-refractivity contribution in [3.8, 4) is 0 Å². The van der Waals surface area contributed by atoms with Crippen LogP contribution >= 0.6 is 11.3 Å². The van der Waals surface area contributed by atoms with E-state index in [-0.39, 0.29) is 22.6 Å². The van der Waals surface area contributed by atoms with E-state index in [0.717, 1.165) is 9.87 Å². The lowest BCUT2D eigenvalue weighted by Gasteiger charge is -2.19. The average molecular weight is 470 g/mol. The van der Waals surface area contributed by atoms with E-state index in [0.29, 0.717) is 16.3 Å². The van der Waals surface area contributed by atoms with Crippen molar-refractivity contribution in [1.82, 2.24) is 9.38 Å². The van der Waals surface area contributed by atoms with Crippen molar-refractivity contribution < 1.29 is 17.9 Å². The summed E-state index contributed by atoms with van der Waals surface area (Å²) in [6.07, 6.45) is 1.63. The van der Waals surface area contributed by atoms with E-state index in [2.05, 4.69) is 4.98 Å². The number of sulfonamides is 1. The molecule has 10 heteroatoms. The first-order valence-corrected chi connectivity index (χ1v) is 11.9. The number of nitrogens with zero attached hydrogens (tertiary/aromatic N) is 3. The Bertz CT molecular complexity index is 1440. The number of carbonyl (C=O) groups excluding carboxylic acids is 1. The number of carbonyl (C=O) groups is 1. The first-order valence-electron chi connectivity index (χ1n) is 9.54. The van der Waals surface area contributed by atoms with Crippen molar-refractivity contribution >= 4 is 38.0 Å². The summed E-state index contributed by atoms with van der Waals surface area (Å²) in [4.78, 5) is 29.4. The minimum atomic E-state index is -3.73. The zero-order valence-corrected chi connectivity index (χ0v) is 18.9. The molecule has 2 aromatic carbocycles. The van der Waals surface area contributed by atoms with Crippen LogP contribution in [0.15, 0.2) is 75.9 Å². The van der Waals surface area contributed by atoms with Crippen LogP contribution in [-0.2, 0) is 21.4 Å². The molecule has 0 radical (unpaired) electrons. The molecule has 4 rings (SSSR count). The molecule has 0 aliphatic carbocycles. The monoisotopic (exact) mass is 469 g/mol. The van der Waals surface area contributed by atoms with E-state index in [9.17, 15) is 18.0 Å². The molecular formula is C22H19N3O5S2. The van der Waals surface area contributed by atoms with E-state index in [1.807, 2.05) is 6.92 Å². The number of aryl methyl sites for hydroxylation is 1. The Labute approximate surface area is 188 Å². The summed E-state index contributed by atoms with van der Waals surface area (Å²) >= 11 is 1.31. The molecule has 0 saturated heterocycles. The second kappa shape index (κ2) is 8.56. The molecule has 32 heavy (non-hydrogen) atoms. The number of thiazole rings is 1. The molecule has 4 aromatic rings. The fraction of sp³-hybridized carbons (Fsp3) is 0.136. The van der Waals surface area contributed by atoms with Crippen LogP contribution in [-0.4, -0.2) is 30.8 Å². The number of hydrogen-bond donors (Lipinski definition) is 0. The van der Waals surface area contributed by atoms with Gasteiger partial charge < -0.3 is 4.74 Å². The van der Waals surface area contributed by atoms with Gasteiger partial charge in [-0.15, -0.1) is 11.3 Å². The largest absolute Gasteiger partial charge is 0.456 e. The Hall–Kier alpha value is -3.50. The number of rotatable bonds is 6. The first-order chi connectivity index (χ1) is 15.3. The molecule has 0 bridgehead atoms. The molecule has 8 nitrogen and oxygen atoms in total. The predicted octanol–water partition coefficient (Wildman–Crippen LogP) is 3.25. The van der Waals surface area contributed by atoms with Crippen molar-refractivity contribution in [2.45, 2.75) is 18.4 Å². The maximum absolute atomic E-state index is 12.8. The topological polar surface area (TPSA) is 98.0 Å². The lowest BCUT2D eigenvalue weighted by atomic mass is 10.2. The molecule has 0 amide bonds. The molecule has 0 aliphatic rings. The van der Waals surface area contributed by atoms with Gasteiger partial charge in [-0.2, -0.15) is 0 Å². The fourth-order valence-electron chi connectivity index (χ4n) is 3.00. The minimum Gasteiger partial charge on any atom is -0.456 e. The van der Waals surface area contributed by atoms with E-state index in [1.165, 1.54) is 53.1 Å². The van der Waals surface area contributed by atoms with E-state index in [4.69, 9.17) is 4.74 Å². The average Bonchev–Trinajstić information content (AvgIpc) is 3.27. The van der Waals surface area contributed by atoms with Gasteiger partial charge in [0.2, 0.25) is 0 Å². The minimum absolute atomic E-state index is 0.147. The van der Waals surface area contributed by atoms with Gasteiger partial charge in [-0.05, 0) is 43.3 Å².